The Kier molecular flexibility index (Phi) is 5.43. The molecule has 3 rings (SSSR count). The number of nitrogens with two attached hydrogens (primary N) is 1. The van der Waals surface area contributed by atoms with Crippen molar-refractivity contribution < 1.29 is 16.8 Å². The van der Waals surface area contributed by atoms with E-state index in [0.717, 1.165) is 11.1 Å². The van der Waals surface area contributed by atoms with Crippen molar-refractivity contribution in [2.45, 2.75) is 16.3 Å². The van der Waals surface area contributed by atoms with Gasteiger partial charge < -0.3 is 0 Å². The number of primary sulfonamides is 1. The van der Waals surface area contributed by atoms with Gasteiger partial charge in [-0.2, -0.15) is 0 Å². The molecule has 8 heteroatoms. The van der Waals surface area contributed by atoms with Gasteiger partial charge in [0.25, 0.3) is 0 Å². The van der Waals surface area contributed by atoms with Crippen molar-refractivity contribution in [1.82, 2.24) is 4.72 Å². The van der Waals surface area contributed by atoms with Crippen LogP contribution in [0.4, 0.5) is 0 Å². The molecule has 6 nitrogen and oxygen atoms in total. The van der Waals surface area contributed by atoms with Gasteiger partial charge in [0.15, 0.2) is 0 Å². The van der Waals surface area contributed by atoms with E-state index in [9.17, 15) is 16.8 Å². The summed E-state index contributed by atoms with van der Waals surface area (Å²) in [5, 5.41) is 5.04. The van der Waals surface area contributed by atoms with E-state index in [1.807, 2.05) is 30.3 Å². The quantitative estimate of drug-likeness (QED) is 0.660. The summed E-state index contributed by atoms with van der Waals surface area (Å²) < 4.78 is 49.9. The standard InChI is InChI=1S/C19H18N2O4S2/c20-26(22,23)18-10-6-15(7-11-18)14-21-27(24,25)19-12-8-17(9-13-19)16-4-2-1-3-5-16/h1-13,21H,14H2,(H2,20,22,23). The minimum Gasteiger partial charge on any atom is -0.225 e. The van der Waals surface area contributed by atoms with Gasteiger partial charge in [-0.25, -0.2) is 26.7 Å². The largest absolute Gasteiger partial charge is 0.240 e. The van der Waals surface area contributed by atoms with Crippen LogP contribution in [0, 0.1) is 0 Å². The van der Waals surface area contributed by atoms with Crippen molar-refractivity contribution in [2.24, 2.45) is 5.14 Å². The average molecular weight is 402 g/mol. The number of rotatable bonds is 6. The lowest BCUT2D eigenvalue weighted by atomic mass is 10.1. The van der Waals surface area contributed by atoms with E-state index in [1.165, 1.54) is 24.3 Å². The number of nitrogens with one attached hydrogen (secondary N) is 1. The van der Waals surface area contributed by atoms with Gasteiger partial charge >= 0.3 is 0 Å². The topological polar surface area (TPSA) is 106 Å². The van der Waals surface area contributed by atoms with Crippen molar-refractivity contribution >= 4 is 20.0 Å². The normalized spacial score (nSPS) is 12.0. The number of benzene rings is 3. The second-order valence-corrected chi connectivity index (χ2v) is 9.23. The summed E-state index contributed by atoms with van der Waals surface area (Å²) in [4.78, 5) is 0.133. The fourth-order valence-corrected chi connectivity index (χ4v) is 4.05. The third-order valence-corrected chi connectivity index (χ3v) is 6.34. The van der Waals surface area contributed by atoms with Crippen LogP contribution in [0.3, 0.4) is 0 Å². The Hall–Kier alpha value is -2.52. The molecule has 140 valence electrons. The number of hydrogen-bond acceptors (Lipinski definition) is 4. The molecule has 0 saturated heterocycles. The van der Waals surface area contributed by atoms with E-state index in [-0.39, 0.29) is 16.3 Å². The zero-order valence-electron chi connectivity index (χ0n) is 14.2. The van der Waals surface area contributed by atoms with Gasteiger partial charge in [-0.1, -0.05) is 54.6 Å². The Labute approximate surface area is 158 Å². The molecule has 0 aliphatic heterocycles. The molecule has 0 bridgehead atoms. The van der Waals surface area contributed by atoms with Gasteiger partial charge in [0.2, 0.25) is 20.0 Å². The van der Waals surface area contributed by atoms with Gasteiger partial charge in [-0.3, -0.25) is 0 Å². The summed E-state index contributed by atoms with van der Waals surface area (Å²) in [7, 11) is -7.46. The van der Waals surface area contributed by atoms with E-state index in [2.05, 4.69) is 4.72 Å². The third kappa shape index (κ3) is 4.81. The lowest BCUT2D eigenvalue weighted by molar-refractivity contribution is 0.581. The lowest BCUT2D eigenvalue weighted by Crippen LogP contribution is -2.23. The Morgan fingerprint density at radius 3 is 1.74 bits per heavy atom. The highest BCUT2D eigenvalue weighted by molar-refractivity contribution is 7.89. The average Bonchev–Trinajstić information content (AvgIpc) is 2.67. The predicted octanol–water partition coefficient (Wildman–Crippen LogP) is 2.48. The van der Waals surface area contributed by atoms with Crippen molar-refractivity contribution in [3.63, 3.8) is 0 Å². The zero-order chi connectivity index (χ0) is 19.5. The van der Waals surface area contributed by atoms with Gasteiger partial charge in [0.1, 0.15) is 0 Å². The molecule has 0 aliphatic carbocycles. The molecule has 3 aromatic carbocycles. The van der Waals surface area contributed by atoms with E-state index in [4.69, 9.17) is 5.14 Å². The van der Waals surface area contributed by atoms with Crippen LogP contribution in [0.25, 0.3) is 11.1 Å². The summed E-state index contributed by atoms with van der Waals surface area (Å²) >= 11 is 0. The molecule has 27 heavy (non-hydrogen) atoms. The Morgan fingerprint density at radius 1 is 0.667 bits per heavy atom. The van der Waals surface area contributed by atoms with Crippen LogP contribution in [0.1, 0.15) is 5.56 Å². The first-order valence-electron chi connectivity index (χ1n) is 8.03. The van der Waals surface area contributed by atoms with E-state index in [1.54, 1.807) is 24.3 Å². The van der Waals surface area contributed by atoms with Crippen LogP contribution in [-0.2, 0) is 26.6 Å². The molecular formula is C19H18N2O4S2. The molecule has 0 atom stereocenters. The van der Waals surface area contributed by atoms with Gasteiger partial charge in [-0.15, -0.1) is 0 Å². The van der Waals surface area contributed by atoms with Crippen molar-refractivity contribution in [3.8, 4) is 11.1 Å². The monoisotopic (exact) mass is 402 g/mol. The molecule has 0 aliphatic rings. The van der Waals surface area contributed by atoms with Crippen LogP contribution >= 0.6 is 0 Å². The first-order chi connectivity index (χ1) is 12.8. The summed E-state index contributed by atoms with van der Waals surface area (Å²) in [6, 6.07) is 22.0. The molecule has 0 spiro atoms. The van der Waals surface area contributed by atoms with E-state index < -0.39 is 20.0 Å². The van der Waals surface area contributed by atoms with E-state index in [0.29, 0.717) is 5.56 Å². The highest BCUT2D eigenvalue weighted by Gasteiger charge is 2.14. The molecule has 3 N–H and O–H groups in total. The van der Waals surface area contributed by atoms with Crippen LogP contribution in [-0.4, -0.2) is 16.8 Å². The SMILES string of the molecule is NS(=O)(=O)c1ccc(CNS(=O)(=O)c2ccc(-c3ccccc3)cc2)cc1. The molecule has 0 radical (unpaired) electrons. The Bertz CT molecular complexity index is 1120. The summed E-state index contributed by atoms with van der Waals surface area (Å²) in [6.45, 7) is 0.0354. The number of sulfonamides is 2. The molecule has 0 saturated carbocycles. The van der Waals surface area contributed by atoms with Crippen LogP contribution in [0.2, 0.25) is 0 Å². The molecule has 3 aromatic rings. The highest BCUT2D eigenvalue weighted by Crippen LogP contribution is 2.21. The minimum absolute atomic E-state index is 0.0226. The zero-order valence-corrected chi connectivity index (χ0v) is 15.9. The van der Waals surface area contributed by atoms with Gasteiger partial charge in [-0.05, 0) is 41.0 Å². The summed E-state index contributed by atoms with van der Waals surface area (Å²) in [6.07, 6.45) is 0. The summed E-state index contributed by atoms with van der Waals surface area (Å²) in [5.41, 5.74) is 2.55. The maximum Gasteiger partial charge on any atom is 0.240 e. The van der Waals surface area contributed by atoms with E-state index >= 15 is 0 Å². The Balaban J connectivity index is 1.71. The van der Waals surface area contributed by atoms with Crippen molar-refractivity contribution in [1.29, 1.82) is 0 Å². The second kappa shape index (κ2) is 7.61. The third-order valence-electron chi connectivity index (χ3n) is 3.99. The van der Waals surface area contributed by atoms with Crippen LogP contribution < -0.4 is 9.86 Å². The predicted molar refractivity (Wildman–Crippen MR) is 104 cm³/mol. The molecule has 0 aromatic heterocycles. The minimum atomic E-state index is -3.77. The first kappa shape index (κ1) is 19.2. The smallest absolute Gasteiger partial charge is 0.225 e. The Morgan fingerprint density at radius 2 is 1.19 bits per heavy atom. The molecular weight excluding hydrogens is 384 g/mol. The molecule has 0 fully saturated rings. The summed E-state index contributed by atoms with van der Waals surface area (Å²) in [5.74, 6) is 0. The first-order valence-corrected chi connectivity index (χ1v) is 11.1. The fraction of sp³-hybridized carbons (Fsp3) is 0.0526. The second-order valence-electron chi connectivity index (χ2n) is 5.90. The highest BCUT2D eigenvalue weighted by atomic mass is 32.2. The van der Waals surface area contributed by atoms with Gasteiger partial charge in [0.05, 0.1) is 9.79 Å². The molecule has 0 unspecified atom stereocenters. The number of hydrogen-bond donors (Lipinski definition) is 2. The van der Waals surface area contributed by atoms with Crippen molar-refractivity contribution in [2.75, 3.05) is 0 Å². The maximum atomic E-state index is 12.5. The maximum absolute atomic E-state index is 12.5. The van der Waals surface area contributed by atoms with Crippen molar-refractivity contribution in [3.05, 3.63) is 84.4 Å². The van der Waals surface area contributed by atoms with Crippen LogP contribution in [0.5, 0.6) is 0 Å². The fourth-order valence-electron chi connectivity index (χ4n) is 2.52. The van der Waals surface area contributed by atoms with Gasteiger partial charge in [0, 0.05) is 6.54 Å². The molecule has 0 heterocycles. The molecule has 0 amide bonds. The van der Waals surface area contributed by atoms with Crippen LogP contribution in [0.15, 0.2) is 88.7 Å². The lowest BCUT2D eigenvalue weighted by Gasteiger charge is -2.08.